The molecule has 8 heteroatoms. The smallest absolute Gasteiger partial charge is 0.328 e. The van der Waals surface area contributed by atoms with Gasteiger partial charge in [-0.25, -0.2) is 9.78 Å². The SMILES string of the molecule is COCC(NC(=O)c1cnc(-c2ccco2)s1)C(=O)O. The van der Waals surface area contributed by atoms with E-state index in [1.807, 2.05) is 0 Å². The Balaban J connectivity index is 2.08. The molecule has 0 aliphatic rings. The lowest BCUT2D eigenvalue weighted by atomic mass is 10.3. The first kappa shape index (κ1) is 14.2. The number of carbonyl (C=O) groups excluding carboxylic acids is 1. The molecule has 0 bridgehead atoms. The third-order valence-corrected chi connectivity index (χ3v) is 3.41. The Bertz CT molecular complexity index is 593. The zero-order chi connectivity index (χ0) is 14.5. The number of aliphatic carboxylic acids is 1. The summed E-state index contributed by atoms with van der Waals surface area (Å²) in [5.41, 5.74) is 0. The lowest BCUT2D eigenvalue weighted by Crippen LogP contribution is -2.43. The molecule has 1 atom stereocenters. The van der Waals surface area contributed by atoms with Gasteiger partial charge in [-0.05, 0) is 12.1 Å². The van der Waals surface area contributed by atoms with Crippen molar-refractivity contribution in [3.05, 3.63) is 29.5 Å². The van der Waals surface area contributed by atoms with Gasteiger partial charge in [0.05, 0.1) is 19.1 Å². The highest BCUT2D eigenvalue weighted by atomic mass is 32.1. The minimum absolute atomic E-state index is 0.106. The van der Waals surface area contributed by atoms with E-state index in [-0.39, 0.29) is 6.61 Å². The van der Waals surface area contributed by atoms with Crippen LogP contribution in [0.25, 0.3) is 10.8 Å². The summed E-state index contributed by atoms with van der Waals surface area (Å²) in [6, 6.07) is 2.35. The molecule has 106 valence electrons. The van der Waals surface area contributed by atoms with E-state index in [4.69, 9.17) is 14.3 Å². The first-order valence-electron chi connectivity index (χ1n) is 5.64. The Hall–Kier alpha value is -2.19. The largest absolute Gasteiger partial charge is 0.480 e. The number of carboxylic acids is 1. The van der Waals surface area contributed by atoms with E-state index in [0.29, 0.717) is 15.6 Å². The Morgan fingerprint density at radius 3 is 3.00 bits per heavy atom. The quantitative estimate of drug-likeness (QED) is 0.831. The highest BCUT2D eigenvalue weighted by Gasteiger charge is 2.22. The van der Waals surface area contributed by atoms with Gasteiger partial charge >= 0.3 is 5.97 Å². The van der Waals surface area contributed by atoms with Crippen molar-refractivity contribution in [2.75, 3.05) is 13.7 Å². The van der Waals surface area contributed by atoms with Crippen LogP contribution in [0.5, 0.6) is 0 Å². The maximum absolute atomic E-state index is 11.9. The molecule has 0 aromatic carbocycles. The molecule has 0 radical (unpaired) electrons. The molecule has 0 fully saturated rings. The van der Waals surface area contributed by atoms with Gasteiger partial charge in [-0.15, -0.1) is 11.3 Å². The Kier molecular flexibility index (Phi) is 4.49. The fourth-order valence-electron chi connectivity index (χ4n) is 1.46. The van der Waals surface area contributed by atoms with Gasteiger partial charge in [-0.1, -0.05) is 0 Å². The molecule has 7 nitrogen and oxygen atoms in total. The van der Waals surface area contributed by atoms with Gasteiger partial charge in [0, 0.05) is 7.11 Å². The highest BCUT2D eigenvalue weighted by molar-refractivity contribution is 7.16. The lowest BCUT2D eigenvalue weighted by molar-refractivity contribution is -0.140. The molecular formula is C12H12N2O5S. The number of nitrogens with zero attached hydrogens (tertiary/aromatic N) is 1. The van der Waals surface area contributed by atoms with E-state index in [1.165, 1.54) is 19.6 Å². The van der Waals surface area contributed by atoms with E-state index < -0.39 is 17.9 Å². The molecule has 0 aliphatic carbocycles. The number of amides is 1. The zero-order valence-electron chi connectivity index (χ0n) is 10.5. The van der Waals surface area contributed by atoms with Gasteiger partial charge in [-0.3, -0.25) is 4.79 Å². The molecule has 0 spiro atoms. The number of thiazole rings is 1. The summed E-state index contributed by atoms with van der Waals surface area (Å²) in [5.74, 6) is -1.11. The fourth-order valence-corrected chi connectivity index (χ4v) is 2.25. The number of methoxy groups -OCH3 is 1. The molecule has 1 unspecified atom stereocenters. The number of hydrogen-bond donors (Lipinski definition) is 2. The zero-order valence-corrected chi connectivity index (χ0v) is 11.3. The Morgan fingerprint density at radius 2 is 2.40 bits per heavy atom. The molecule has 2 rings (SSSR count). The van der Waals surface area contributed by atoms with E-state index in [0.717, 1.165) is 11.3 Å². The number of ether oxygens (including phenoxy) is 1. The summed E-state index contributed by atoms with van der Waals surface area (Å²) < 4.78 is 9.92. The first-order chi connectivity index (χ1) is 9.61. The summed E-state index contributed by atoms with van der Waals surface area (Å²) in [5, 5.41) is 11.9. The summed E-state index contributed by atoms with van der Waals surface area (Å²) in [6.45, 7) is -0.106. The second-order valence-electron chi connectivity index (χ2n) is 3.83. The van der Waals surface area contributed by atoms with E-state index >= 15 is 0 Å². The van der Waals surface area contributed by atoms with Gasteiger partial charge in [0.25, 0.3) is 5.91 Å². The Morgan fingerprint density at radius 1 is 1.60 bits per heavy atom. The second-order valence-corrected chi connectivity index (χ2v) is 4.86. The number of carbonyl (C=O) groups is 2. The van der Waals surface area contributed by atoms with Crippen molar-refractivity contribution >= 4 is 23.2 Å². The molecule has 0 saturated heterocycles. The topological polar surface area (TPSA) is 102 Å². The molecule has 20 heavy (non-hydrogen) atoms. The van der Waals surface area contributed by atoms with Crippen molar-refractivity contribution in [2.24, 2.45) is 0 Å². The van der Waals surface area contributed by atoms with Crippen LogP contribution in [0, 0.1) is 0 Å². The first-order valence-corrected chi connectivity index (χ1v) is 6.45. The van der Waals surface area contributed by atoms with E-state index in [9.17, 15) is 9.59 Å². The van der Waals surface area contributed by atoms with Crippen molar-refractivity contribution in [3.63, 3.8) is 0 Å². The molecule has 1 amide bonds. The summed E-state index contributed by atoms with van der Waals surface area (Å²) in [7, 11) is 1.36. The van der Waals surface area contributed by atoms with Gasteiger partial charge in [0.2, 0.25) is 0 Å². The number of rotatable bonds is 6. The predicted octanol–water partition coefficient (Wildman–Crippen LogP) is 1.23. The van der Waals surface area contributed by atoms with Crippen molar-refractivity contribution < 1.29 is 23.8 Å². The van der Waals surface area contributed by atoms with Crippen LogP contribution in [0.3, 0.4) is 0 Å². The maximum atomic E-state index is 11.9. The molecule has 2 aromatic rings. The van der Waals surface area contributed by atoms with Crippen molar-refractivity contribution in [1.82, 2.24) is 10.3 Å². The maximum Gasteiger partial charge on any atom is 0.328 e. The molecular weight excluding hydrogens is 284 g/mol. The van der Waals surface area contributed by atoms with Crippen molar-refractivity contribution in [1.29, 1.82) is 0 Å². The minimum atomic E-state index is -1.16. The average molecular weight is 296 g/mol. The van der Waals surface area contributed by atoms with Crippen molar-refractivity contribution in [3.8, 4) is 10.8 Å². The number of furan rings is 1. The molecule has 2 aromatic heterocycles. The number of carboxylic acid groups (broad SMARTS) is 1. The van der Waals surface area contributed by atoms with Crippen LogP contribution in [-0.4, -0.2) is 41.7 Å². The summed E-state index contributed by atoms with van der Waals surface area (Å²) in [6.07, 6.45) is 2.89. The summed E-state index contributed by atoms with van der Waals surface area (Å²) >= 11 is 1.12. The predicted molar refractivity (Wildman–Crippen MR) is 70.6 cm³/mol. The van der Waals surface area contributed by atoms with Gasteiger partial charge in [0.15, 0.2) is 16.8 Å². The van der Waals surface area contributed by atoms with Crippen LogP contribution < -0.4 is 5.32 Å². The van der Waals surface area contributed by atoms with Crippen LogP contribution in [0.2, 0.25) is 0 Å². The molecule has 0 saturated carbocycles. The number of nitrogens with one attached hydrogen (secondary N) is 1. The monoisotopic (exact) mass is 296 g/mol. The van der Waals surface area contributed by atoms with Crippen molar-refractivity contribution in [2.45, 2.75) is 6.04 Å². The van der Waals surface area contributed by atoms with Crippen LogP contribution >= 0.6 is 11.3 Å². The second kappa shape index (κ2) is 6.31. The van der Waals surface area contributed by atoms with Crippen LogP contribution in [-0.2, 0) is 9.53 Å². The van der Waals surface area contributed by atoms with Gasteiger partial charge in [0.1, 0.15) is 4.88 Å². The van der Waals surface area contributed by atoms with Crippen LogP contribution in [0.1, 0.15) is 9.67 Å². The van der Waals surface area contributed by atoms with Gasteiger partial charge in [-0.2, -0.15) is 0 Å². The normalized spacial score (nSPS) is 12.1. The van der Waals surface area contributed by atoms with Gasteiger partial charge < -0.3 is 19.6 Å². The number of aromatic nitrogens is 1. The molecule has 2 heterocycles. The van der Waals surface area contributed by atoms with Crippen LogP contribution in [0.4, 0.5) is 0 Å². The standard InChI is InChI=1S/C12H12N2O5S/c1-18-6-7(12(16)17)14-10(15)9-5-13-11(20-9)8-3-2-4-19-8/h2-5,7H,6H2,1H3,(H,14,15)(H,16,17). The molecule has 2 N–H and O–H groups in total. The fraction of sp³-hybridized carbons (Fsp3) is 0.250. The highest BCUT2D eigenvalue weighted by Crippen LogP contribution is 2.25. The van der Waals surface area contributed by atoms with Crippen LogP contribution in [0.15, 0.2) is 29.0 Å². The summed E-state index contributed by atoms with van der Waals surface area (Å²) in [4.78, 5) is 27.2. The third kappa shape index (κ3) is 3.22. The van der Waals surface area contributed by atoms with E-state index in [2.05, 4.69) is 10.3 Å². The minimum Gasteiger partial charge on any atom is -0.480 e. The van der Waals surface area contributed by atoms with E-state index in [1.54, 1.807) is 12.1 Å². The molecule has 0 aliphatic heterocycles. The Labute approximate surface area is 118 Å². The average Bonchev–Trinajstić information content (AvgIpc) is 3.08. The third-order valence-electron chi connectivity index (χ3n) is 2.40. The lowest BCUT2D eigenvalue weighted by Gasteiger charge is -2.12. The number of hydrogen-bond acceptors (Lipinski definition) is 6.